The largest absolute Gasteiger partial charge is 0.497 e. The van der Waals surface area contributed by atoms with Crippen molar-refractivity contribution >= 4 is 34.4 Å². The molecule has 1 atom stereocenters. The number of Topliss-reactive ketones (excluding diaryl/α,β-unsaturated/α-hetero) is 1. The number of rotatable bonds is 8. The first-order chi connectivity index (χ1) is 18.3. The lowest BCUT2D eigenvalue weighted by Crippen LogP contribution is -2.08. The number of carbonyl (C=O) groups excluding carboxylic acids is 1. The number of halogens is 1. The quantitative estimate of drug-likeness (QED) is 0.203. The molecule has 5 aromatic rings. The molecule has 190 valence electrons. The number of imidazole rings is 1. The fraction of sp³-hybridized carbons (Fsp3) is 0.129. The van der Waals surface area contributed by atoms with Crippen LogP contribution in [0.4, 0.5) is 0 Å². The minimum absolute atomic E-state index is 0.0181. The second kappa shape index (κ2) is 10.5. The number of para-hydroxylation sites is 2. The van der Waals surface area contributed by atoms with Crippen LogP contribution in [0.2, 0.25) is 5.02 Å². The first kappa shape index (κ1) is 25.2. The van der Waals surface area contributed by atoms with E-state index in [2.05, 4.69) is 9.97 Å². The highest BCUT2D eigenvalue weighted by Crippen LogP contribution is 2.36. The van der Waals surface area contributed by atoms with E-state index in [0.717, 1.165) is 22.3 Å². The van der Waals surface area contributed by atoms with Crippen molar-refractivity contribution in [3.63, 3.8) is 0 Å². The lowest BCUT2D eigenvalue weighted by atomic mass is 9.90. The van der Waals surface area contributed by atoms with Crippen molar-refractivity contribution < 1.29 is 19.4 Å². The Kier molecular flexibility index (Phi) is 6.99. The number of carboxylic acid groups (broad SMARTS) is 1. The lowest BCUT2D eigenvalue weighted by Gasteiger charge is -2.15. The molecule has 0 saturated heterocycles. The van der Waals surface area contributed by atoms with Crippen molar-refractivity contribution in [2.75, 3.05) is 7.11 Å². The molecule has 0 saturated carbocycles. The Labute approximate surface area is 224 Å². The van der Waals surface area contributed by atoms with E-state index in [0.29, 0.717) is 33.1 Å². The molecule has 0 fully saturated rings. The molecule has 5 rings (SSSR count). The van der Waals surface area contributed by atoms with E-state index in [1.165, 1.54) is 6.07 Å². The highest BCUT2D eigenvalue weighted by atomic mass is 35.5. The summed E-state index contributed by atoms with van der Waals surface area (Å²) < 4.78 is 5.29. The summed E-state index contributed by atoms with van der Waals surface area (Å²) in [6.45, 7) is 1.96. The summed E-state index contributed by atoms with van der Waals surface area (Å²) in [4.78, 5) is 33.5. The van der Waals surface area contributed by atoms with Gasteiger partial charge in [0.1, 0.15) is 11.6 Å². The van der Waals surface area contributed by atoms with Gasteiger partial charge in [-0.3, -0.25) is 4.79 Å². The van der Waals surface area contributed by atoms with Crippen LogP contribution in [0.25, 0.3) is 33.5 Å². The van der Waals surface area contributed by atoms with Crippen molar-refractivity contribution in [1.29, 1.82) is 0 Å². The minimum atomic E-state index is -1.13. The second-order valence-corrected chi connectivity index (χ2v) is 9.60. The van der Waals surface area contributed by atoms with Gasteiger partial charge in [0, 0.05) is 22.6 Å². The van der Waals surface area contributed by atoms with Crippen LogP contribution in [-0.4, -0.2) is 33.9 Å². The minimum Gasteiger partial charge on any atom is -0.497 e. The maximum absolute atomic E-state index is 13.2. The Balaban J connectivity index is 1.52. The van der Waals surface area contributed by atoms with Gasteiger partial charge in [-0.15, -0.1) is 0 Å². The van der Waals surface area contributed by atoms with Crippen LogP contribution >= 0.6 is 11.6 Å². The number of methoxy groups -OCH3 is 1. The number of hydrogen-bond acceptors (Lipinski definition) is 4. The first-order valence-electron chi connectivity index (χ1n) is 12.1. The van der Waals surface area contributed by atoms with Gasteiger partial charge < -0.3 is 14.8 Å². The summed E-state index contributed by atoms with van der Waals surface area (Å²) in [5.74, 6) is -0.0234. The molecule has 7 heteroatoms. The zero-order chi connectivity index (χ0) is 26.8. The van der Waals surface area contributed by atoms with Crippen LogP contribution in [0.1, 0.15) is 45.5 Å². The molecule has 2 N–H and O–H groups in total. The van der Waals surface area contributed by atoms with Crippen molar-refractivity contribution in [2.45, 2.75) is 19.3 Å². The van der Waals surface area contributed by atoms with Gasteiger partial charge in [0.25, 0.3) is 0 Å². The van der Waals surface area contributed by atoms with Crippen molar-refractivity contribution in [2.24, 2.45) is 0 Å². The van der Waals surface area contributed by atoms with Crippen LogP contribution in [-0.2, 0) is 0 Å². The van der Waals surface area contributed by atoms with Crippen molar-refractivity contribution in [1.82, 2.24) is 9.97 Å². The van der Waals surface area contributed by atoms with Gasteiger partial charge >= 0.3 is 5.97 Å². The summed E-state index contributed by atoms with van der Waals surface area (Å²) >= 11 is 6.34. The number of ether oxygens (including phenoxy) is 1. The number of aromatic carboxylic acids is 1. The Hall–Kier alpha value is -4.42. The van der Waals surface area contributed by atoms with E-state index in [1.807, 2.05) is 61.5 Å². The molecule has 0 amide bonds. The van der Waals surface area contributed by atoms with E-state index < -0.39 is 5.97 Å². The van der Waals surface area contributed by atoms with Gasteiger partial charge in [0.15, 0.2) is 5.78 Å². The fourth-order valence-corrected chi connectivity index (χ4v) is 4.79. The SMILES string of the molecule is COc1cccc([C@@H](C)CC(=O)c2ccc(-c3cc(Cl)ccc3-c3nc4ccccc4[nH]3)c(C(=O)O)c2)c1. The molecule has 0 aliphatic carbocycles. The topological polar surface area (TPSA) is 92.3 Å². The number of ketones is 1. The normalized spacial score (nSPS) is 11.9. The molecular weight excluding hydrogens is 500 g/mol. The number of H-pyrrole nitrogens is 1. The van der Waals surface area contributed by atoms with Gasteiger partial charge in [0.05, 0.1) is 23.7 Å². The van der Waals surface area contributed by atoms with Crippen LogP contribution in [0, 0.1) is 0 Å². The Morgan fingerprint density at radius 3 is 2.50 bits per heavy atom. The maximum atomic E-state index is 13.2. The van der Waals surface area contributed by atoms with Gasteiger partial charge in [-0.25, -0.2) is 9.78 Å². The number of benzene rings is 4. The summed E-state index contributed by atoms with van der Waals surface area (Å²) in [7, 11) is 1.60. The summed E-state index contributed by atoms with van der Waals surface area (Å²) in [6.07, 6.45) is 0.229. The molecule has 4 aromatic carbocycles. The van der Waals surface area contributed by atoms with Gasteiger partial charge in [-0.1, -0.05) is 54.9 Å². The third-order valence-corrected chi connectivity index (χ3v) is 6.88. The number of carbonyl (C=O) groups is 2. The Morgan fingerprint density at radius 1 is 0.947 bits per heavy atom. The molecule has 0 spiro atoms. The van der Waals surface area contributed by atoms with E-state index in [9.17, 15) is 14.7 Å². The molecule has 1 heterocycles. The molecule has 1 aromatic heterocycles. The predicted molar refractivity (Wildman–Crippen MR) is 149 cm³/mol. The van der Waals surface area contributed by atoms with Crippen molar-refractivity contribution in [3.05, 3.63) is 107 Å². The highest BCUT2D eigenvalue weighted by Gasteiger charge is 2.21. The van der Waals surface area contributed by atoms with E-state index in [4.69, 9.17) is 16.3 Å². The number of nitrogens with zero attached hydrogens (tertiary/aromatic N) is 1. The number of carboxylic acids is 1. The van der Waals surface area contributed by atoms with Crippen LogP contribution < -0.4 is 4.74 Å². The molecule has 0 radical (unpaired) electrons. The predicted octanol–water partition coefficient (Wildman–Crippen LogP) is 7.63. The van der Waals surface area contributed by atoms with Gasteiger partial charge in [-0.05, 0) is 71.1 Å². The van der Waals surface area contributed by atoms with Gasteiger partial charge in [-0.2, -0.15) is 0 Å². The van der Waals surface area contributed by atoms with Crippen molar-refractivity contribution in [3.8, 4) is 28.3 Å². The number of fused-ring (bicyclic) bond motifs is 1. The highest BCUT2D eigenvalue weighted by molar-refractivity contribution is 6.31. The summed E-state index contributed by atoms with van der Waals surface area (Å²) in [5.41, 5.74) is 4.77. The average Bonchev–Trinajstić information content (AvgIpc) is 3.36. The third kappa shape index (κ3) is 5.04. The third-order valence-electron chi connectivity index (χ3n) is 6.64. The van der Waals surface area contributed by atoms with E-state index in [1.54, 1.807) is 31.4 Å². The number of nitrogens with one attached hydrogen (secondary N) is 1. The molecule has 6 nitrogen and oxygen atoms in total. The summed E-state index contributed by atoms with van der Waals surface area (Å²) in [5, 5.41) is 10.6. The Morgan fingerprint density at radius 2 is 1.74 bits per heavy atom. The van der Waals surface area contributed by atoms with Crippen LogP contribution in [0.3, 0.4) is 0 Å². The Bertz CT molecular complexity index is 1640. The smallest absolute Gasteiger partial charge is 0.336 e. The number of hydrogen-bond donors (Lipinski definition) is 2. The first-order valence-corrected chi connectivity index (χ1v) is 12.5. The molecule has 0 aliphatic heterocycles. The molecule has 38 heavy (non-hydrogen) atoms. The molecule has 0 unspecified atom stereocenters. The van der Waals surface area contributed by atoms with Crippen LogP contribution in [0.5, 0.6) is 5.75 Å². The second-order valence-electron chi connectivity index (χ2n) is 9.16. The molecule has 0 bridgehead atoms. The lowest BCUT2D eigenvalue weighted by molar-refractivity contribution is 0.0697. The zero-order valence-corrected chi connectivity index (χ0v) is 21.6. The molecular formula is C31H25ClN2O4. The van der Waals surface area contributed by atoms with E-state index in [-0.39, 0.29) is 23.7 Å². The standard InChI is InChI=1S/C31H25ClN2O4/c1-18(19-6-5-7-22(15-19)38-2)14-29(35)20-10-12-23(26(16-20)31(36)37)25-17-21(32)11-13-24(25)30-33-27-8-3-4-9-28(27)34-30/h3-13,15-18H,14H2,1-2H3,(H,33,34)(H,36,37)/t18-/m0/s1. The zero-order valence-electron chi connectivity index (χ0n) is 20.9. The number of aromatic amines is 1. The van der Waals surface area contributed by atoms with Crippen LogP contribution in [0.15, 0.2) is 84.9 Å². The average molecular weight is 525 g/mol. The van der Waals surface area contributed by atoms with Gasteiger partial charge in [0.2, 0.25) is 0 Å². The molecule has 0 aliphatic rings. The van der Waals surface area contributed by atoms with E-state index >= 15 is 0 Å². The number of aromatic nitrogens is 2. The fourth-order valence-electron chi connectivity index (χ4n) is 4.62. The summed E-state index contributed by atoms with van der Waals surface area (Å²) in [6, 6.07) is 25.3. The monoisotopic (exact) mass is 524 g/mol. The maximum Gasteiger partial charge on any atom is 0.336 e.